The van der Waals surface area contributed by atoms with Crippen molar-refractivity contribution >= 4 is 17.2 Å². The van der Waals surface area contributed by atoms with Gasteiger partial charge in [-0.2, -0.15) is 13.2 Å². The summed E-state index contributed by atoms with van der Waals surface area (Å²) < 4.78 is 37.2. The van der Waals surface area contributed by atoms with E-state index in [9.17, 15) is 18.0 Å². The normalized spacial score (nSPS) is 23.0. The van der Waals surface area contributed by atoms with Gasteiger partial charge in [0.2, 0.25) is 5.91 Å². The van der Waals surface area contributed by atoms with Crippen molar-refractivity contribution in [3.05, 3.63) is 16.1 Å². The van der Waals surface area contributed by atoms with Crippen LogP contribution in [0.3, 0.4) is 0 Å². The van der Waals surface area contributed by atoms with Crippen LogP contribution in [0.1, 0.15) is 36.4 Å². The first-order valence-electron chi connectivity index (χ1n) is 6.91. The number of nitrogens with two attached hydrogens (primary N) is 1. The molecule has 0 aliphatic heterocycles. The van der Waals surface area contributed by atoms with Crippen molar-refractivity contribution in [2.45, 2.75) is 44.3 Å². The highest BCUT2D eigenvalue weighted by atomic mass is 32.1. The van der Waals surface area contributed by atoms with Gasteiger partial charge in [-0.3, -0.25) is 4.79 Å². The summed E-state index contributed by atoms with van der Waals surface area (Å²) in [4.78, 5) is 15.5. The lowest BCUT2D eigenvalue weighted by Crippen LogP contribution is -2.38. The molecule has 1 fully saturated rings. The van der Waals surface area contributed by atoms with E-state index in [1.807, 2.05) is 0 Å². The van der Waals surface area contributed by atoms with Gasteiger partial charge in [0.05, 0.1) is 5.01 Å². The second-order valence-corrected chi connectivity index (χ2v) is 6.23. The van der Waals surface area contributed by atoms with E-state index >= 15 is 0 Å². The number of hydrogen-bond donors (Lipinski definition) is 2. The molecule has 0 spiro atoms. The Morgan fingerprint density at radius 3 is 2.86 bits per heavy atom. The van der Waals surface area contributed by atoms with E-state index in [1.54, 1.807) is 0 Å². The van der Waals surface area contributed by atoms with Gasteiger partial charge in [0, 0.05) is 30.3 Å². The van der Waals surface area contributed by atoms with Gasteiger partial charge in [0.15, 0.2) is 5.69 Å². The van der Waals surface area contributed by atoms with E-state index in [-0.39, 0.29) is 17.9 Å². The summed E-state index contributed by atoms with van der Waals surface area (Å²) >= 11 is 0.962. The Hall–Kier alpha value is -1.15. The molecule has 0 radical (unpaired) electrons. The van der Waals surface area contributed by atoms with Crippen LogP contribution in [0, 0.1) is 5.92 Å². The number of carbonyl (C=O) groups excluding carboxylic acids is 1. The van der Waals surface area contributed by atoms with E-state index in [1.165, 1.54) is 0 Å². The third kappa shape index (κ3) is 4.67. The Morgan fingerprint density at radius 1 is 1.48 bits per heavy atom. The zero-order valence-corrected chi connectivity index (χ0v) is 12.3. The summed E-state index contributed by atoms with van der Waals surface area (Å²) in [6.45, 7) is 0.301. The number of amides is 1. The number of hydrogen-bond acceptors (Lipinski definition) is 4. The molecule has 0 bridgehead atoms. The molecule has 1 heterocycles. The van der Waals surface area contributed by atoms with Crippen molar-refractivity contribution < 1.29 is 18.0 Å². The van der Waals surface area contributed by atoms with Crippen LogP contribution in [0.5, 0.6) is 0 Å². The van der Waals surface area contributed by atoms with Crippen LogP contribution < -0.4 is 11.1 Å². The highest BCUT2D eigenvalue weighted by Gasteiger charge is 2.33. The maximum atomic E-state index is 12.4. The van der Waals surface area contributed by atoms with Crippen LogP contribution >= 0.6 is 11.3 Å². The van der Waals surface area contributed by atoms with Crippen LogP contribution in [0.2, 0.25) is 0 Å². The molecule has 21 heavy (non-hydrogen) atoms. The lowest BCUT2D eigenvalue weighted by atomic mass is 9.85. The maximum absolute atomic E-state index is 12.4. The van der Waals surface area contributed by atoms with Gasteiger partial charge in [-0.1, -0.05) is 6.42 Å². The summed E-state index contributed by atoms with van der Waals surface area (Å²) in [6, 6.07) is 0.0720. The summed E-state index contributed by atoms with van der Waals surface area (Å²) in [6.07, 6.45) is -0.693. The summed E-state index contributed by atoms with van der Waals surface area (Å²) in [7, 11) is 0. The highest BCUT2D eigenvalue weighted by Crippen LogP contribution is 2.30. The molecule has 2 rings (SSSR count). The second-order valence-electron chi connectivity index (χ2n) is 5.29. The minimum atomic E-state index is -4.41. The molecule has 2 atom stereocenters. The first-order valence-corrected chi connectivity index (χ1v) is 7.79. The van der Waals surface area contributed by atoms with Crippen molar-refractivity contribution in [1.29, 1.82) is 0 Å². The highest BCUT2D eigenvalue weighted by molar-refractivity contribution is 7.09. The SMILES string of the molecule is NC1CCCC(C(=O)NCCc2nc(C(F)(F)F)cs2)C1. The standard InChI is InChI=1S/C13H18F3N3OS/c14-13(15,16)10-7-21-11(19-10)4-5-18-12(20)8-2-1-3-9(17)6-8/h7-9H,1-6,17H2,(H,18,20). The Balaban J connectivity index is 1.76. The molecular formula is C13H18F3N3OS. The number of aromatic nitrogens is 1. The first kappa shape index (κ1) is 16.2. The minimum absolute atomic E-state index is 0.0576. The number of halogens is 3. The largest absolute Gasteiger partial charge is 0.434 e. The third-order valence-corrected chi connectivity index (χ3v) is 4.47. The fourth-order valence-corrected chi connectivity index (χ4v) is 3.26. The van der Waals surface area contributed by atoms with Crippen molar-refractivity contribution in [2.24, 2.45) is 11.7 Å². The van der Waals surface area contributed by atoms with E-state index in [4.69, 9.17) is 5.73 Å². The molecule has 2 unspecified atom stereocenters. The van der Waals surface area contributed by atoms with Crippen LogP contribution in [0.25, 0.3) is 0 Å². The molecule has 8 heteroatoms. The van der Waals surface area contributed by atoms with Crippen molar-refractivity contribution in [2.75, 3.05) is 6.54 Å². The number of rotatable bonds is 4. The number of alkyl halides is 3. The van der Waals surface area contributed by atoms with Gasteiger partial charge < -0.3 is 11.1 Å². The minimum Gasteiger partial charge on any atom is -0.355 e. The topological polar surface area (TPSA) is 68.0 Å². The van der Waals surface area contributed by atoms with Crippen molar-refractivity contribution in [3.8, 4) is 0 Å². The molecule has 1 aliphatic rings. The molecule has 1 saturated carbocycles. The molecule has 0 saturated heterocycles. The molecule has 4 nitrogen and oxygen atoms in total. The van der Waals surface area contributed by atoms with Gasteiger partial charge in [-0.15, -0.1) is 11.3 Å². The third-order valence-electron chi connectivity index (χ3n) is 3.57. The first-order chi connectivity index (χ1) is 9.86. The number of nitrogens with zero attached hydrogens (tertiary/aromatic N) is 1. The van der Waals surface area contributed by atoms with E-state index in [0.717, 1.165) is 36.0 Å². The molecule has 1 amide bonds. The predicted octanol–water partition coefficient (Wildman–Crippen LogP) is 2.34. The zero-order valence-electron chi connectivity index (χ0n) is 11.4. The van der Waals surface area contributed by atoms with Gasteiger partial charge in [-0.25, -0.2) is 4.98 Å². The van der Waals surface area contributed by atoms with Crippen molar-refractivity contribution in [3.63, 3.8) is 0 Å². The molecule has 1 aromatic rings. The maximum Gasteiger partial charge on any atom is 0.434 e. The fourth-order valence-electron chi connectivity index (χ4n) is 2.46. The van der Waals surface area contributed by atoms with Gasteiger partial charge >= 0.3 is 6.18 Å². The van der Waals surface area contributed by atoms with E-state index < -0.39 is 11.9 Å². The number of carbonyl (C=O) groups is 1. The summed E-state index contributed by atoms with van der Waals surface area (Å²) in [5, 5.41) is 4.14. The molecular weight excluding hydrogens is 303 g/mol. The molecule has 1 aromatic heterocycles. The van der Waals surface area contributed by atoms with Gasteiger partial charge in [-0.05, 0) is 19.3 Å². The molecule has 1 aliphatic carbocycles. The molecule has 0 aromatic carbocycles. The lowest BCUT2D eigenvalue weighted by molar-refractivity contribution is -0.140. The van der Waals surface area contributed by atoms with Gasteiger partial charge in [0.25, 0.3) is 0 Å². The second kappa shape index (κ2) is 6.74. The predicted molar refractivity (Wildman–Crippen MR) is 73.8 cm³/mol. The molecule has 3 N–H and O–H groups in total. The summed E-state index contributed by atoms with van der Waals surface area (Å²) in [5.74, 6) is -0.131. The Morgan fingerprint density at radius 2 is 2.24 bits per heavy atom. The van der Waals surface area contributed by atoms with Crippen LogP contribution in [-0.4, -0.2) is 23.5 Å². The Labute approximate surface area is 124 Å². The average Bonchev–Trinajstić information content (AvgIpc) is 2.87. The quantitative estimate of drug-likeness (QED) is 0.894. The Kier molecular flexibility index (Phi) is 5.21. The zero-order chi connectivity index (χ0) is 15.5. The van der Waals surface area contributed by atoms with Crippen LogP contribution in [-0.2, 0) is 17.4 Å². The fraction of sp³-hybridized carbons (Fsp3) is 0.692. The van der Waals surface area contributed by atoms with E-state index in [0.29, 0.717) is 24.4 Å². The monoisotopic (exact) mass is 321 g/mol. The Bertz CT molecular complexity index is 489. The average molecular weight is 321 g/mol. The van der Waals surface area contributed by atoms with Crippen LogP contribution in [0.4, 0.5) is 13.2 Å². The van der Waals surface area contributed by atoms with E-state index in [2.05, 4.69) is 10.3 Å². The lowest BCUT2D eigenvalue weighted by Gasteiger charge is -2.25. The van der Waals surface area contributed by atoms with Crippen LogP contribution in [0.15, 0.2) is 5.38 Å². The number of thiazole rings is 1. The summed E-state index contributed by atoms with van der Waals surface area (Å²) in [5.41, 5.74) is 4.96. The number of nitrogens with one attached hydrogen (secondary N) is 1. The smallest absolute Gasteiger partial charge is 0.355 e. The van der Waals surface area contributed by atoms with Crippen molar-refractivity contribution in [1.82, 2.24) is 10.3 Å². The molecule has 118 valence electrons. The van der Waals surface area contributed by atoms with Gasteiger partial charge in [0.1, 0.15) is 0 Å².